The molecule has 82 valence electrons. The fourth-order valence-electron chi connectivity index (χ4n) is 1.14. The second-order valence-corrected chi connectivity index (χ2v) is 5.88. The van der Waals surface area contributed by atoms with Gasteiger partial charge >= 0.3 is 0 Å². The minimum absolute atomic E-state index is 0.712. The van der Waals surface area contributed by atoms with Crippen LogP contribution in [-0.2, 0) is 0 Å². The molecule has 0 aliphatic heterocycles. The van der Waals surface area contributed by atoms with Crippen molar-refractivity contribution >= 4 is 34.0 Å². The summed E-state index contributed by atoms with van der Waals surface area (Å²) in [5.74, 6) is 1.78. The third-order valence-electron chi connectivity index (χ3n) is 2.06. The Morgan fingerprint density at radius 1 is 1.47 bits per heavy atom. The van der Waals surface area contributed by atoms with Gasteiger partial charge in [-0.2, -0.15) is 0 Å². The van der Waals surface area contributed by atoms with Crippen LogP contribution < -0.4 is 0 Å². The molecule has 0 saturated heterocycles. The van der Waals surface area contributed by atoms with Crippen LogP contribution in [0.2, 0.25) is 0 Å². The fourth-order valence-corrected chi connectivity index (χ4v) is 2.95. The fraction of sp³-hybridized carbons (Fsp3) is 0.417. The molecule has 0 aromatic heterocycles. The number of carbonyl (C=O) groups excluding carboxylic acids is 1. The van der Waals surface area contributed by atoms with Gasteiger partial charge in [-0.05, 0) is 36.3 Å². The zero-order valence-corrected chi connectivity index (χ0v) is 11.4. The first-order valence-electron chi connectivity index (χ1n) is 5.01. The normalized spacial score (nSPS) is 10.7. The molecule has 0 amide bonds. The molecule has 1 aromatic rings. The number of hydrogen-bond donors (Lipinski definition) is 0. The largest absolute Gasteiger partial charge is 0.298 e. The molecule has 1 nitrogen and oxygen atoms in total. The lowest BCUT2D eigenvalue weighted by Crippen LogP contribution is -1.91. The van der Waals surface area contributed by atoms with E-state index >= 15 is 0 Å². The van der Waals surface area contributed by atoms with E-state index in [2.05, 4.69) is 29.8 Å². The first-order chi connectivity index (χ1) is 7.13. The van der Waals surface area contributed by atoms with Crippen LogP contribution in [0.1, 0.15) is 30.6 Å². The van der Waals surface area contributed by atoms with Crippen LogP contribution in [0.4, 0.5) is 0 Å². The maximum absolute atomic E-state index is 10.8. The average molecular weight is 287 g/mol. The topological polar surface area (TPSA) is 17.1 Å². The summed E-state index contributed by atoms with van der Waals surface area (Å²) in [6.07, 6.45) is 2.10. The number of rotatable bonds is 5. The molecule has 1 aromatic carbocycles. The van der Waals surface area contributed by atoms with E-state index in [4.69, 9.17) is 0 Å². The van der Waals surface area contributed by atoms with Crippen LogP contribution in [0.15, 0.2) is 27.6 Å². The Morgan fingerprint density at radius 3 is 2.80 bits per heavy atom. The monoisotopic (exact) mass is 286 g/mol. The lowest BCUT2D eigenvalue weighted by atomic mass is 10.2. The molecule has 0 spiro atoms. The Kier molecular flexibility index (Phi) is 5.40. The molecule has 0 N–H and O–H groups in total. The minimum Gasteiger partial charge on any atom is -0.298 e. The maximum atomic E-state index is 10.8. The highest BCUT2D eigenvalue weighted by molar-refractivity contribution is 9.10. The van der Waals surface area contributed by atoms with E-state index in [0.717, 1.165) is 27.0 Å². The number of benzene rings is 1. The summed E-state index contributed by atoms with van der Waals surface area (Å²) in [6, 6.07) is 5.76. The van der Waals surface area contributed by atoms with Crippen molar-refractivity contribution in [2.45, 2.75) is 25.2 Å². The smallest absolute Gasteiger partial charge is 0.151 e. The van der Waals surface area contributed by atoms with Crippen LogP contribution in [0.3, 0.4) is 0 Å². The molecule has 0 unspecified atom stereocenters. The predicted octanol–water partition coefficient (Wildman–Crippen LogP) is 4.40. The maximum Gasteiger partial charge on any atom is 0.151 e. The van der Waals surface area contributed by atoms with Gasteiger partial charge in [0.1, 0.15) is 0 Å². The van der Waals surface area contributed by atoms with Crippen molar-refractivity contribution in [3.05, 3.63) is 28.2 Å². The van der Waals surface area contributed by atoms with Gasteiger partial charge in [0.15, 0.2) is 6.29 Å². The van der Waals surface area contributed by atoms with Crippen LogP contribution in [-0.4, -0.2) is 12.0 Å². The first kappa shape index (κ1) is 12.8. The highest BCUT2D eigenvalue weighted by Gasteiger charge is 2.03. The molecule has 15 heavy (non-hydrogen) atoms. The molecule has 0 radical (unpaired) electrons. The highest BCUT2D eigenvalue weighted by atomic mass is 79.9. The Balaban J connectivity index is 2.66. The molecule has 0 aliphatic carbocycles. The number of carbonyl (C=O) groups is 1. The second kappa shape index (κ2) is 6.33. The quantitative estimate of drug-likeness (QED) is 0.590. The molecule has 0 fully saturated rings. The molecule has 1 rings (SSSR count). The summed E-state index contributed by atoms with van der Waals surface area (Å²) in [5, 5.41) is 0. The highest BCUT2D eigenvalue weighted by Crippen LogP contribution is 2.26. The third-order valence-corrected chi connectivity index (χ3v) is 3.65. The molecule has 0 bridgehead atoms. The number of aldehydes is 1. The van der Waals surface area contributed by atoms with E-state index in [0.29, 0.717) is 5.92 Å². The van der Waals surface area contributed by atoms with Gasteiger partial charge in [-0.1, -0.05) is 29.8 Å². The van der Waals surface area contributed by atoms with Crippen molar-refractivity contribution in [1.82, 2.24) is 0 Å². The Morgan fingerprint density at radius 2 is 2.20 bits per heavy atom. The van der Waals surface area contributed by atoms with E-state index in [1.165, 1.54) is 6.42 Å². The number of hydrogen-bond acceptors (Lipinski definition) is 2. The molecule has 0 aliphatic rings. The summed E-state index contributed by atoms with van der Waals surface area (Å²) in [5.41, 5.74) is 0.784. The lowest BCUT2D eigenvalue weighted by molar-refractivity contribution is 0.112. The SMILES string of the molecule is CC(C)CCSc1cc(Br)ccc1C=O. The summed E-state index contributed by atoms with van der Waals surface area (Å²) >= 11 is 5.17. The Labute approximate surface area is 104 Å². The van der Waals surface area contributed by atoms with Crippen molar-refractivity contribution in [3.8, 4) is 0 Å². The van der Waals surface area contributed by atoms with Gasteiger partial charge in [-0.3, -0.25) is 4.79 Å². The third kappa shape index (κ3) is 4.39. The van der Waals surface area contributed by atoms with Crippen molar-refractivity contribution in [2.75, 3.05) is 5.75 Å². The first-order valence-corrected chi connectivity index (χ1v) is 6.79. The van der Waals surface area contributed by atoms with Crippen molar-refractivity contribution < 1.29 is 4.79 Å². The van der Waals surface area contributed by atoms with Crippen LogP contribution in [0.25, 0.3) is 0 Å². The second-order valence-electron chi connectivity index (χ2n) is 3.83. The molecule has 3 heteroatoms. The molecule has 0 heterocycles. The van der Waals surface area contributed by atoms with E-state index in [9.17, 15) is 4.79 Å². The Hall–Kier alpha value is -0.280. The summed E-state index contributed by atoms with van der Waals surface area (Å²) < 4.78 is 1.03. The van der Waals surface area contributed by atoms with E-state index in [-0.39, 0.29) is 0 Å². The van der Waals surface area contributed by atoms with Gasteiger partial charge in [0.25, 0.3) is 0 Å². The van der Waals surface area contributed by atoms with Gasteiger partial charge in [0.05, 0.1) is 0 Å². The standard InChI is InChI=1S/C12H15BrOS/c1-9(2)5-6-15-12-7-11(13)4-3-10(12)8-14/h3-4,7-9H,5-6H2,1-2H3. The van der Waals surface area contributed by atoms with E-state index in [1.807, 2.05) is 18.2 Å². The van der Waals surface area contributed by atoms with Crippen molar-refractivity contribution in [1.29, 1.82) is 0 Å². The van der Waals surface area contributed by atoms with Crippen LogP contribution in [0.5, 0.6) is 0 Å². The average Bonchev–Trinajstić information content (AvgIpc) is 2.17. The summed E-state index contributed by atoms with van der Waals surface area (Å²) in [7, 11) is 0. The van der Waals surface area contributed by atoms with E-state index in [1.54, 1.807) is 11.8 Å². The molecular formula is C12H15BrOS. The predicted molar refractivity (Wildman–Crippen MR) is 69.7 cm³/mol. The summed E-state index contributed by atoms with van der Waals surface area (Å²) in [4.78, 5) is 11.9. The molecule has 0 saturated carbocycles. The summed E-state index contributed by atoms with van der Waals surface area (Å²) in [6.45, 7) is 4.42. The van der Waals surface area contributed by atoms with Crippen molar-refractivity contribution in [2.24, 2.45) is 5.92 Å². The zero-order valence-electron chi connectivity index (χ0n) is 9.00. The van der Waals surface area contributed by atoms with Gasteiger partial charge in [0, 0.05) is 14.9 Å². The van der Waals surface area contributed by atoms with E-state index < -0.39 is 0 Å². The molecule has 0 atom stereocenters. The lowest BCUT2D eigenvalue weighted by Gasteiger charge is -2.06. The van der Waals surface area contributed by atoms with Crippen molar-refractivity contribution in [3.63, 3.8) is 0 Å². The minimum atomic E-state index is 0.712. The van der Waals surface area contributed by atoms with Gasteiger partial charge in [0.2, 0.25) is 0 Å². The van der Waals surface area contributed by atoms with Gasteiger partial charge in [-0.25, -0.2) is 0 Å². The van der Waals surface area contributed by atoms with Crippen LogP contribution in [0, 0.1) is 5.92 Å². The number of thioether (sulfide) groups is 1. The Bertz CT molecular complexity index is 336. The van der Waals surface area contributed by atoms with Gasteiger partial charge < -0.3 is 0 Å². The van der Waals surface area contributed by atoms with Gasteiger partial charge in [-0.15, -0.1) is 11.8 Å². The van der Waals surface area contributed by atoms with Crippen LogP contribution >= 0.6 is 27.7 Å². The number of halogens is 1. The molecular weight excluding hydrogens is 272 g/mol. The zero-order chi connectivity index (χ0) is 11.3.